The van der Waals surface area contributed by atoms with Crippen molar-refractivity contribution >= 4 is 40.1 Å². The van der Waals surface area contributed by atoms with Crippen LogP contribution in [-0.4, -0.2) is 39.9 Å². The van der Waals surface area contributed by atoms with Crippen molar-refractivity contribution in [2.24, 2.45) is 5.10 Å². The Morgan fingerprint density at radius 2 is 1.69 bits per heavy atom. The van der Waals surface area contributed by atoms with E-state index in [4.69, 9.17) is 20.4 Å². The van der Waals surface area contributed by atoms with Crippen LogP contribution in [0.5, 0.6) is 5.75 Å². The number of hydrogen-bond acceptors (Lipinski definition) is 6. The molecule has 0 bridgehead atoms. The van der Waals surface area contributed by atoms with E-state index in [0.717, 1.165) is 16.9 Å². The second-order valence-corrected chi connectivity index (χ2v) is 8.19. The van der Waals surface area contributed by atoms with Gasteiger partial charge in [-0.1, -0.05) is 42.5 Å². The second kappa shape index (κ2) is 10.3. The summed E-state index contributed by atoms with van der Waals surface area (Å²) < 4.78 is 6.97. The fourth-order valence-electron chi connectivity index (χ4n) is 3.98. The monoisotopic (exact) mass is 478 g/mol. The molecular weight excluding hydrogens is 452 g/mol. The molecule has 3 N–H and O–H groups in total. The minimum Gasteiger partial charge on any atom is -0.494 e. The predicted molar refractivity (Wildman–Crippen MR) is 143 cm³/mol. The first-order valence-electron chi connectivity index (χ1n) is 11.8. The van der Waals surface area contributed by atoms with Gasteiger partial charge in [0.05, 0.1) is 23.9 Å². The van der Waals surface area contributed by atoms with Gasteiger partial charge in [0.1, 0.15) is 22.6 Å². The molecule has 0 saturated heterocycles. The Bertz CT molecular complexity index is 1540. The number of nitrogens with two attached hydrogens (primary N) is 1. The largest absolute Gasteiger partial charge is 0.494 e. The molecule has 0 saturated carbocycles. The maximum absolute atomic E-state index is 13.3. The van der Waals surface area contributed by atoms with Gasteiger partial charge in [0, 0.05) is 6.54 Å². The van der Waals surface area contributed by atoms with Gasteiger partial charge in [-0.3, -0.25) is 4.79 Å². The number of carbonyl (C=O) groups excluding carboxylic acids is 1. The summed E-state index contributed by atoms with van der Waals surface area (Å²) in [5, 5.41) is 7.53. The molecule has 8 heteroatoms. The number of benzene rings is 3. The van der Waals surface area contributed by atoms with Crippen LogP contribution in [-0.2, 0) is 6.42 Å². The Morgan fingerprint density at radius 1 is 1.00 bits per heavy atom. The Kier molecular flexibility index (Phi) is 6.57. The predicted octanol–water partition coefficient (Wildman–Crippen LogP) is 4.42. The molecule has 3 aromatic carbocycles. The number of nitrogens with zero attached hydrogens (tertiary/aromatic N) is 4. The number of amides is 1. The van der Waals surface area contributed by atoms with Crippen molar-refractivity contribution in [3.05, 3.63) is 95.6 Å². The van der Waals surface area contributed by atoms with Crippen LogP contribution in [0.2, 0.25) is 0 Å². The average Bonchev–Trinajstić information content (AvgIpc) is 3.17. The van der Waals surface area contributed by atoms with Crippen LogP contribution in [0.4, 0.5) is 5.82 Å². The number of nitrogens with one attached hydrogen (secondary N) is 1. The molecule has 2 aromatic heterocycles. The van der Waals surface area contributed by atoms with Gasteiger partial charge in [-0.25, -0.2) is 9.97 Å². The van der Waals surface area contributed by atoms with E-state index in [0.29, 0.717) is 41.8 Å². The van der Waals surface area contributed by atoms with Crippen LogP contribution in [0, 0.1) is 0 Å². The van der Waals surface area contributed by atoms with E-state index in [2.05, 4.69) is 10.4 Å². The molecule has 0 fully saturated rings. The van der Waals surface area contributed by atoms with Crippen LogP contribution in [0.15, 0.2) is 84.0 Å². The van der Waals surface area contributed by atoms with Crippen LogP contribution in [0.3, 0.4) is 0 Å². The van der Waals surface area contributed by atoms with E-state index < -0.39 is 0 Å². The van der Waals surface area contributed by atoms with Crippen molar-refractivity contribution in [2.45, 2.75) is 13.3 Å². The zero-order valence-electron chi connectivity index (χ0n) is 19.9. The molecule has 1 amide bonds. The van der Waals surface area contributed by atoms with Crippen molar-refractivity contribution in [3.63, 3.8) is 0 Å². The van der Waals surface area contributed by atoms with Gasteiger partial charge in [-0.15, -0.1) is 0 Å². The Hall–Kier alpha value is -4.72. The van der Waals surface area contributed by atoms with Gasteiger partial charge < -0.3 is 15.8 Å². The first-order chi connectivity index (χ1) is 17.6. The van der Waals surface area contributed by atoms with E-state index in [1.54, 1.807) is 6.21 Å². The third-order valence-corrected chi connectivity index (χ3v) is 5.76. The minimum absolute atomic E-state index is 0.180. The molecule has 0 aliphatic rings. The summed E-state index contributed by atoms with van der Waals surface area (Å²) in [6.45, 7) is 3.00. The molecular formula is C28H26N6O2. The molecule has 5 aromatic rings. The molecule has 2 heterocycles. The topological polar surface area (TPSA) is 107 Å². The molecule has 0 unspecified atom stereocenters. The third-order valence-electron chi connectivity index (χ3n) is 5.76. The highest BCUT2D eigenvalue weighted by molar-refractivity contribution is 6.10. The molecule has 5 rings (SSSR count). The van der Waals surface area contributed by atoms with Crippen LogP contribution >= 0.6 is 0 Å². The molecule has 0 aliphatic heterocycles. The summed E-state index contributed by atoms with van der Waals surface area (Å²) in [4.78, 5) is 22.7. The smallest absolute Gasteiger partial charge is 0.257 e. The van der Waals surface area contributed by atoms with E-state index in [9.17, 15) is 4.79 Å². The lowest BCUT2D eigenvalue weighted by Crippen LogP contribution is -2.26. The number of rotatable bonds is 8. The number of para-hydroxylation sites is 2. The van der Waals surface area contributed by atoms with Gasteiger partial charge in [0.25, 0.3) is 5.91 Å². The lowest BCUT2D eigenvalue weighted by atomic mass is 10.1. The molecule has 180 valence electrons. The summed E-state index contributed by atoms with van der Waals surface area (Å²) in [6.07, 6.45) is 2.37. The Balaban J connectivity index is 1.50. The lowest BCUT2D eigenvalue weighted by Gasteiger charge is -2.06. The van der Waals surface area contributed by atoms with E-state index in [-0.39, 0.29) is 17.3 Å². The summed E-state index contributed by atoms with van der Waals surface area (Å²) in [5.41, 5.74) is 10.9. The van der Waals surface area contributed by atoms with E-state index in [1.807, 2.05) is 85.8 Å². The van der Waals surface area contributed by atoms with E-state index in [1.165, 1.54) is 4.68 Å². The maximum atomic E-state index is 13.3. The Labute approximate surface area is 208 Å². The number of anilines is 1. The van der Waals surface area contributed by atoms with Crippen LogP contribution in [0.1, 0.15) is 28.4 Å². The number of ether oxygens (including phenoxy) is 1. The molecule has 36 heavy (non-hydrogen) atoms. The first kappa shape index (κ1) is 23.0. The third kappa shape index (κ3) is 4.74. The van der Waals surface area contributed by atoms with E-state index >= 15 is 0 Å². The fraction of sp³-hybridized carbons (Fsp3) is 0.143. The van der Waals surface area contributed by atoms with Crippen molar-refractivity contribution in [3.8, 4) is 5.75 Å². The number of nitrogen functional groups attached to an aromatic ring is 1. The van der Waals surface area contributed by atoms with Crippen molar-refractivity contribution < 1.29 is 9.53 Å². The lowest BCUT2D eigenvalue weighted by molar-refractivity contribution is 0.0956. The number of aromatic nitrogens is 3. The molecule has 0 spiro atoms. The molecule has 0 radical (unpaired) electrons. The highest BCUT2D eigenvalue weighted by Gasteiger charge is 2.23. The number of carbonyl (C=O) groups is 1. The highest BCUT2D eigenvalue weighted by atomic mass is 16.5. The van der Waals surface area contributed by atoms with Gasteiger partial charge in [0.15, 0.2) is 5.65 Å². The van der Waals surface area contributed by atoms with Gasteiger partial charge in [-0.2, -0.15) is 9.78 Å². The zero-order chi connectivity index (χ0) is 24.9. The fourth-order valence-corrected chi connectivity index (χ4v) is 3.98. The standard InChI is InChI=1S/C28H26N6O2/c1-2-36-21-14-12-20(13-15-21)18-31-34-26(29)24(28(35)30-17-16-19-8-4-3-5-9-19)25-27(34)33-23-11-7-6-10-22(23)32-25/h3-15,18H,2,16-17,29H2,1H3,(H,30,35). The summed E-state index contributed by atoms with van der Waals surface area (Å²) in [7, 11) is 0. The summed E-state index contributed by atoms with van der Waals surface area (Å²) >= 11 is 0. The highest BCUT2D eigenvalue weighted by Crippen LogP contribution is 2.28. The zero-order valence-corrected chi connectivity index (χ0v) is 19.9. The quantitative estimate of drug-likeness (QED) is 0.321. The second-order valence-electron chi connectivity index (χ2n) is 8.19. The van der Waals surface area contributed by atoms with Crippen molar-refractivity contribution in [1.82, 2.24) is 20.0 Å². The summed E-state index contributed by atoms with van der Waals surface area (Å²) in [5.74, 6) is 0.653. The Morgan fingerprint density at radius 3 is 2.42 bits per heavy atom. The number of hydrogen-bond donors (Lipinski definition) is 2. The molecule has 0 aliphatic carbocycles. The average molecular weight is 479 g/mol. The molecule has 8 nitrogen and oxygen atoms in total. The van der Waals surface area contributed by atoms with Crippen LogP contribution < -0.4 is 15.8 Å². The normalized spacial score (nSPS) is 11.4. The van der Waals surface area contributed by atoms with Gasteiger partial charge in [0.2, 0.25) is 0 Å². The van der Waals surface area contributed by atoms with Crippen molar-refractivity contribution in [2.75, 3.05) is 18.9 Å². The first-order valence-corrected chi connectivity index (χ1v) is 11.8. The summed E-state index contributed by atoms with van der Waals surface area (Å²) in [6, 6.07) is 25.0. The minimum atomic E-state index is -0.312. The van der Waals surface area contributed by atoms with Gasteiger partial charge in [-0.05, 0) is 60.9 Å². The van der Waals surface area contributed by atoms with Crippen LogP contribution in [0.25, 0.3) is 22.2 Å². The maximum Gasteiger partial charge on any atom is 0.257 e. The van der Waals surface area contributed by atoms with Gasteiger partial charge >= 0.3 is 0 Å². The molecule has 0 atom stereocenters. The number of fused-ring (bicyclic) bond motifs is 2. The van der Waals surface area contributed by atoms with Crippen molar-refractivity contribution in [1.29, 1.82) is 0 Å². The SMILES string of the molecule is CCOc1ccc(C=Nn2c(N)c(C(=O)NCCc3ccccc3)c3nc4ccccc4nc32)cc1.